The number of hydrogen-bond acceptors (Lipinski definition) is 3. The first-order valence-corrected chi connectivity index (χ1v) is 6.67. The number of nitrogens with zero attached hydrogens (tertiary/aromatic N) is 1. The van der Waals surface area contributed by atoms with E-state index in [0.29, 0.717) is 36.7 Å². The zero-order valence-corrected chi connectivity index (χ0v) is 12.0. The van der Waals surface area contributed by atoms with E-state index in [-0.39, 0.29) is 5.91 Å². The average Bonchev–Trinajstić information content (AvgIpc) is 2.45. The predicted octanol–water partition coefficient (Wildman–Crippen LogP) is 2.87. The van der Waals surface area contributed by atoms with Crippen molar-refractivity contribution in [1.29, 1.82) is 0 Å². The Morgan fingerprint density at radius 3 is 2.50 bits per heavy atom. The molecule has 0 saturated carbocycles. The summed E-state index contributed by atoms with van der Waals surface area (Å²) >= 11 is 0. The van der Waals surface area contributed by atoms with Gasteiger partial charge >= 0.3 is 0 Å². The molecule has 0 aliphatic rings. The van der Waals surface area contributed by atoms with Crippen LogP contribution in [-0.4, -0.2) is 30.5 Å². The highest BCUT2D eigenvalue weighted by atomic mass is 16.5. The molecular weight excluding hydrogens is 252 g/mol. The fourth-order valence-electron chi connectivity index (χ4n) is 1.76. The fraction of sp³-hybridized carbons (Fsp3) is 0.312. The summed E-state index contributed by atoms with van der Waals surface area (Å²) in [5, 5.41) is 0. The average molecular weight is 274 g/mol. The van der Waals surface area contributed by atoms with Crippen LogP contribution in [0.1, 0.15) is 23.7 Å². The second-order valence-corrected chi connectivity index (χ2v) is 4.39. The van der Waals surface area contributed by atoms with E-state index in [1.54, 1.807) is 35.3 Å². The summed E-state index contributed by atoms with van der Waals surface area (Å²) < 4.78 is 5.49. The van der Waals surface area contributed by atoms with E-state index in [0.717, 1.165) is 6.42 Å². The van der Waals surface area contributed by atoms with Crippen LogP contribution >= 0.6 is 0 Å². The molecule has 0 aromatic heterocycles. The maximum atomic E-state index is 12.3. The van der Waals surface area contributed by atoms with Gasteiger partial charge in [0.25, 0.3) is 5.91 Å². The van der Waals surface area contributed by atoms with Crippen molar-refractivity contribution in [2.45, 2.75) is 13.3 Å². The van der Waals surface area contributed by atoms with Gasteiger partial charge in [0.05, 0.1) is 12.3 Å². The monoisotopic (exact) mass is 274 g/mol. The van der Waals surface area contributed by atoms with Gasteiger partial charge in [-0.15, -0.1) is 13.2 Å². The van der Waals surface area contributed by atoms with Gasteiger partial charge in [0, 0.05) is 18.7 Å². The van der Waals surface area contributed by atoms with E-state index in [1.165, 1.54) is 0 Å². The van der Waals surface area contributed by atoms with Gasteiger partial charge in [0.2, 0.25) is 0 Å². The predicted molar refractivity (Wildman–Crippen MR) is 82.9 cm³/mol. The minimum atomic E-state index is -0.0986. The maximum Gasteiger partial charge on any atom is 0.254 e. The highest BCUT2D eigenvalue weighted by molar-refractivity contribution is 5.95. The number of nitrogen functional groups attached to an aromatic ring is 1. The van der Waals surface area contributed by atoms with Crippen LogP contribution in [0.25, 0.3) is 0 Å². The maximum absolute atomic E-state index is 12.3. The first-order chi connectivity index (χ1) is 9.63. The van der Waals surface area contributed by atoms with Crippen LogP contribution in [0.3, 0.4) is 0 Å². The van der Waals surface area contributed by atoms with Crippen molar-refractivity contribution in [3.63, 3.8) is 0 Å². The smallest absolute Gasteiger partial charge is 0.254 e. The number of nitrogens with two attached hydrogens (primary N) is 1. The van der Waals surface area contributed by atoms with E-state index >= 15 is 0 Å². The lowest BCUT2D eigenvalue weighted by atomic mass is 10.1. The molecule has 0 spiro atoms. The van der Waals surface area contributed by atoms with Gasteiger partial charge < -0.3 is 15.4 Å². The van der Waals surface area contributed by atoms with Gasteiger partial charge in [-0.25, -0.2) is 0 Å². The number of rotatable bonds is 8. The van der Waals surface area contributed by atoms with Crippen LogP contribution in [0, 0.1) is 0 Å². The Balaban J connectivity index is 2.89. The first-order valence-electron chi connectivity index (χ1n) is 6.67. The van der Waals surface area contributed by atoms with Crippen LogP contribution in [-0.2, 0) is 0 Å². The minimum absolute atomic E-state index is 0.0986. The van der Waals surface area contributed by atoms with Crippen molar-refractivity contribution in [2.24, 2.45) is 0 Å². The number of carbonyl (C=O) groups excluding carboxylic acids is 1. The first kappa shape index (κ1) is 15.8. The summed E-state index contributed by atoms with van der Waals surface area (Å²) in [5.74, 6) is 0.515. The lowest BCUT2D eigenvalue weighted by molar-refractivity contribution is 0.0791. The second kappa shape index (κ2) is 8.04. The third kappa shape index (κ3) is 4.16. The van der Waals surface area contributed by atoms with Gasteiger partial charge in [-0.3, -0.25) is 4.79 Å². The molecule has 0 saturated heterocycles. The van der Waals surface area contributed by atoms with E-state index < -0.39 is 0 Å². The van der Waals surface area contributed by atoms with Crippen molar-refractivity contribution < 1.29 is 9.53 Å². The number of amides is 1. The Labute approximate surface area is 120 Å². The molecule has 0 bridgehead atoms. The Hall–Kier alpha value is -2.23. The molecule has 0 aliphatic heterocycles. The number of benzene rings is 1. The van der Waals surface area contributed by atoms with Crippen molar-refractivity contribution in [2.75, 3.05) is 25.4 Å². The van der Waals surface area contributed by atoms with Crippen molar-refractivity contribution in [1.82, 2.24) is 4.90 Å². The zero-order chi connectivity index (χ0) is 15.0. The normalized spacial score (nSPS) is 9.85. The zero-order valence-electron chi connectivity index (χ0n) is 12.0. The Bertz CT molecular complexity index is 473. The van der Waals surface area contributed by atoms with Gasteiger partial charge in [-0.05, 0) is 24.6 Å². The van der Waals surface area contributed by atoms with E-state index in [4.69, 9.17) is 10.5 Å². The highest BCUT2D eigenvalue weighted by Crippen LogP contribution is 2.23. The van der Waals surface area contributed by atoms with Gasteiger partial charge in [-0.1, -0.05) is 19.1 Å². The molecule has 4 nitrogen and oxygen atoms in total. The van der Waals surface area contributed by atoms with Crippen molar-refractivity contribution in [3.05, 3.63) is 49.1 Å². The van der Waals surface area contributed by atoms with Gasteiger partial charge in [-0.2, -0.15) is 0 Å². The van der Waals surface area contributed by atoms with Crippen LogP contribution in [0.15, 0.2) is 43.5 Å². The molecule has 0 aliphatic carbocycles. The molecule has 20 heavy (non-hydrogen) atoms. The van der Waals surface area contributed by atoms with E-state index in [2.05, 4.69) is 13.2 Å². The molecule has 0 radical (unpaired) electrons. The second-order valence-electron chi connectivity index (χ2n) is 4.39. The Morgan fingerprint density at radius 1 is 1.35 bits per heavy atom. The topological polar surface area (TPSA) is 55.6 Å². The molecule has 108 valence electrons. The molecule has 1 aromatic rings. The molecular formula is C16H22N2O2. The summed E-state index contributed by atoms with van der Waals surface area (Å²) in [6.07, 6.45) is 4.28. The molecule has 1 aromatic carbocycles. The highest BCUT2D eigenvalue weighted by Gasteiger charge is 2.14. The summed E-state index contributed by atoms with van der Waals surface area (Å²) in [5.41, 5.74) is 6.92. The molecule has 0 fully saturated rings. The largest absolute Gasteiger partial charge is 0.491 e. The summed E-state index contributed by atoms with van der Waals surface area (Å²) in [6, 6.07) is 5.10. The van der Waals surface area contributed by atoms with Crippen molar-refractivity contribution >= 4 is 11.6 Å². The van der Waals surface area contributed by atoms with Gasteiger partial charge in [0.15, 0.2) is 0 Å². The molecule has 1 rings (SSSR count). The van der Waals surface area contributed by atoms with Crippen LogP contribution in [0.4, 0.5) is 5.69 Å². The lowest BCUT2D eigenvalue weighted by Crippen LogP contribution is -2.31. The number of hydrogen-bond donors (Lipinski definition) is 1. The van der Waals surface area contributed by atoms with E-state index in [1.807, 2.05) is 6.92 Å². The third-order valence-electron chi connectivity index (χ3n) is 2.70. The van der Waals surface area contributed by atoms with Crippen LogP contribution in [0.2, 0.25) is 0 Å². The van der Waals surface area contributed by atoms with Gasteiger partial charge in [0.1, 0.15) is 5.75 Å². The molecule has 4 heteroatoms. The molecule has 0 atom stereocenters. The number of ether oxygens (including phenoxy) is 1. The lowest BCUT2D eigenvalue weighted by Gasteiger charge is -2.19. The molecule has 0 unspecified atom stereocenters. The minimum Gasteiger partial charge on any atom is -0.491 e. The van der Waals surface area contributed by atoms with Crippen LogP contribution in [0.5, 0.6) is 5.75 Å². The SMILES string of the molecule is C=CCN(CC=C)C(=O)c1ccc(OCCC)c(N)c1. The Morgan fingerprint density at radius 2 is 2.00 bits per heavy atom. The molecule has 1 amide bonds. The quantitative estimate of drug-likeness (QED) is 0.586. The number of carbonyl (C=O) groups is 1. The summed E-state index contributed by atoms with van der Waals surface area (Å²) in [7, 11) is 0. The molecule has 2 N–H and O–H groups in total. The standard InChI is InChI=1S/C16H22N2O2/c1-4-9-18(10-5-2)16(19)13-7-8-15(14(17)12-13)20-11-6-3/h4-5,7-8,12H,1-2,6,9-11,17H2,3H3. The molecule has 0 heterocycles. The number of anilines is 1. The van der Waals surface area contributed by atoms with Crippen molar-refractivity contribution in [3.8, 4) is 5.75 Å². The Kier molecular flexibility index (Phi) is 6.37. The third-order valence-corrected chi connectivity index (χ3v) is 2.70. The van der Waals surface area contributed by atoms with Crippen LogP contribution < -0.4 is 10.5 Å². The fourth-order valence-corrected chi connectivity index (χ4v) is 1.76. The summed E-state index contributed by atoms with van der Waals surface area (Å²) in [4.78, 5) is 14.0. The summed E-state index contributed by atoms with van der Waals surface area (Å²) in [6.45, 7) is 10.9. The van der Waals surface area contributed by atoms with E-state index in [9.17, 15) is 4.79 Å².